The van der Waals surface area contributed by atoms with Gasteiger partial charge in [-0.05, 0) is 25.0 Å². The molecule has 2 heterocycles. The van der Waals surface area contributed by atoms with Crippen LogP contribution >= 0.6 is 0 Å². The standard InChI is InChI=1S/C18H20FN3O4S/c19-14-11-20-18(21-12-14)26-15-5-4-9-22(13-15)17(23)8-10-27(24,25)16-6-2-1-3-7-16/h1-3,6-7,11-12,15H,4-5,8-10,13H2. The van der Waals surface area contributed by atoms with Crippen molar-refractivity contribution in [2.45, 2.75) is 30.3 Å². The highest BCUT2D eigenvalue weighted by atomic mass is 32.2. The molecular weight excluding hydrogens is 373 g/mol. The molecule has 1 atom stereocenters. The molecule has 0 radical (unpaired) electrons. The van der Waals surface area contributed by atoms with Crippen LogP contribution in [-0.4, -0.2) is 54.1 Å². The number of hydrogen-bond donors (Lipinski definition) is 0. The molecule has 0 aliphatic carbocycles. The number of aromatic nitrogens is 2. The van der Waals surface area contributed by atoms with Crippen LogP contribution < -0.4 is 4.74 Å². The highest BCUT2D eigenvalue weighted by Gasteiger charge is 2.26. The number of carbonyl (C=O) groups is 1. The van der Waals surface area contributed by atoms with E-state index in [2.05, 4.69) is 9.97 Å². The lowest BCUT2D eigenvalue weighted by Crippen LogP contribution is -2.44. The Kier molecular flexibility index (Phi) is 6.00. The molecule has 9 heteroatoms. The molecule has 2 aromatic rings. The minimum Gasteiger partial charge on any atom is -0.458 e. The Hall–Kier alpha value is -2.55. The summed E-state index contributed by atoms with van der Waals surface area (Å²) in [6, 6.07) is 8.14. The van der Waals surface area contributed by atoms with E-state index in [-0.39, 0.29) is 35.1 Å². The molecule has 1 fully saturated rings. The quantitative estimate of drug-likeness (QED) is 0.744. The third-order valence-corrected chi connectivity index (χ3v) is 6.02. The lowest BCUT2D eigenvalue weighted by molar-refractivity contribution is -0.133. The van der Waals surface area contributed by atoms with Gasteiger partial charge in [0.1, 0.15) is 6.10 Å². The predicted octanol–water partition coefficient (Wildman–Crippen LogP) is 1.85. The Morgan fingerprint density at radius 1 is 1.22 bits per heavy atom. The summed E-state index contributed by atoms with van der Waals surface area (Å²) >= 11 is 0. The highest BCUT2D eigenvalue weighted by Crippen LogP contribution is 2.17. The lowest BCUT2D eigenvalue weighted by Gasteiger charge is -2.32. The van der Waals surface area contributed by atoms with E-state index < -0.39 is 15.7 Å². The monoisotopic (exact) mass is 393 g/mol. The number of benzene rings is 1. The van der Waals surface area contributed by atoms with E-state index in [0.29, 0.717) is 19.5 Å². The zero-order valence-electron chi connectivity index (χ0n) is 14.6. The molecule has 1 aliphatic heterocycles. The molecule has 1 aromatic carbocycles. The molecule has 1 saturated heterocycles. The summed E-state index contributed by atoms with van der Waals surface area (Å²) in [6.07, 6.45) is 3.08. The predicted molar refractivity (Wildman–Crippen MR) is 95.3 cm³/mol. The fraction of sp³-hybridized carbons (Fsp3) is 0.389. The molecular formula is C18H20FN3O4S. The Morgan fingerprint density at radius 2 is 1.93 bits per heavy atom. The van der Waals surface area contributed by atoms with Crippen LogP contribution in [0.2, 0.25) is 0 Å². The van der Waals surface area contributed by atoms with E-state index in [0.717, 1.165) is 18.8 Å². The van der Waals surface area contributed by atoms with Crippen molar-refractivity contribution in [3.05, 3.63) is 48.5 Å². The summed E-state index contributed by atoms with van der Waals surface area (Å²) in [4.78, 5) is 21.8. The van der Waals surface area contributed by atoms with Crippen LogP contribution in [0.3, 0.4) is 0 Å². The molecule has 1 aliphatic rings. The van der Waals surface area contributed by atoms with Gasteiger partial charge >= 0.3 is 6.01 Å². The average molecular weight is 393 g/mol. The first-order valence-electron chi connectivity index (χ1n) is 8.64. The Morgan fingerprint density at radius 3 is 2.63 bits per heavy atom. The number of sulfone groups is 1. The van der Waals surface area contributed by atoms with Crippen molar-refractivity contribution in [3.63, 3.8) is 0 Å². The fourth-order valence-electron chi connectivity index (χ4n) is 2.90. The second-order valence-corrected chi connectivity index (χ2v) is 8.40. The third-order valence-electron chi connectivity index (χ3n) is 4.29. The van der Waals surface area contributed by atoms with Crippen molar-refractivity contribution in [3.8, 4) is 6.01 Å². The Bertz CT molecular complexity index is 875. The summed E-state index contributed by atoms with van der Waals surface area (Å²) in [6.45, 7) is 0.874. The topological polar surface area (TPSA) is 89.5 Å². The average Bonchev–Trinajstić information content (AvgIpc) is 2.69. The van der Waals surface area contributed by atoms with Gasteiger partial charge in [0.2, 0.25) is 5.91 Å². The smallest absolute Gasteiger partial charge is 0.316 e. The van der Waals surface area contributed by atoms with Crippen LogP contribution in [0.1, 0.15) is 19.3 Å². The summed E-state index contributed by atoms with van der Waals surface area (Å²) in [5.74, 6) is -1.02. The van der Waals surface area contributed by atoms with Crippen molar-refractivity contribution in [2.24, 2.45) is 0 Å². The van der Waals surface area contributed by atoms with E-state index in [4.69, 9.17) is 4.74 Å². The maximum Gasteiger partial charge on any atom is 0.316 e. The van der Waals surface area contributed by atoms with Gasteiger partial charge in [0.25, 0.3) is 0 Å². The molecule has 0 N–H and O–H groups in total. The number of nitrogens with zero attached hydrogens (tertiary/aromatic N) is 3. The van der Waals surface area contributed by atoms with Crippen LogP contribution in [-0.2, 0) is 14.6 Å². The number of amides is 1. The Labute approximate surface area is 157 Å². The zero-order chi connectivity index (χ0) is 19.3. The molecule has 1 amide bonds. The van der Waals surface area contributed by atoms with Gasteiger partial charge in [0.05, 0.1) is 29.6 Å². The van der Waals surface area contributed by atoms with Crippen LogP contribution in [0.5, 0.6) is 6.01 Å². The maximum atomic E-state index is 12.9. The molecule has 3 rings (SSSR count). The highest BCUT2D eigenvalue weighted by molar-refractivity contribution is 7.91. The van der Waals surface area contributed by atoms with Crippen molar-refractivity contribution >= 4 is 15.7 Å². The lowest BCUT2D eigenvalue weighted by atomic mass is 10.1. The van der Waals surface area contributed by atoms with Crippen LogP contribution in [0.15, 0.2) is 47.6 Å². The van der Waals surface area contributed by atoms with Crippen LogP contribution in [0, 0.1) is 5.82 Å². The third kappa shape index (κ3) is 5.22. The first kappa shape index (κ1) is 19.2. The van der Waals surface area contributed by atoms with Crippen molar-refractivity contribution in [2.75, 3.05) is 18.8 Å². The summed E-state index contributed by atoms with van der Waals surface area (Å²) < 4.78 is 43.1. The number of hydrogen-bond acceptors (Lipinski definition) is 6. The maximum absolute atomic E-state index is 12.9. The van der Waals surface area contributed by atoms with Gasteiger partial charge in [-0.1, -0.05) is 18.2 Å². The molecule has 7 nitrogen and oxygen atoms in total. The number of piperidine rings is 1. The van der Waals surface area contributed by atoms with Gasteiger partial charge in [0.15, 0.2) is 15.7 Å². The number of likely N-dealkylation sites (tertiary alicyclic amines) is 1. The molecule has 1 aromatic heterocycles. The molecule has 0 spiro atoms. The van der Waals surface area contributed by atoms with Crippen molar-refractivity contribution < 1.29 is 22.3 Å². The molecule has 0 bridgehead atoms. The van der Waals surface area contributed by atoms with Gasteiger partial charge < -0.3 is 9.64 Å². The number of carbonyl (C=O) groups excluding carboxylic acids is 1. The van der Waals surface area contributed by atoms with Gasteiger partial charge in [-0.2, -0.15) is 0 Å². The van der Waals surface area contributed by atoms with E-state index in [1.807, 2.05) is 0 Å². The van der Waals surface area contributed by atoms with Gasteiger partial charge in [-0.3, -0.25) is 4.79 Å². The van der Waals surface area contributed by atoms with E-state index in [1.54, 1.807) is 23.1 Å². The fourth-order valence-corrected chi connectivity index (χ4v) is 4.15. The second-order valence-electron chi connectivity index (χ2n) is 6.29. The normalized spacial score (nSPS) is 17.5. The van der Waals surface area contributed by atoms with Crippen LogP contribution in [0.25, 0.3) is 0 Å². The number of ether oxygens (including phenoxy) is 1. The number of halogens is 1. The second kappa shape index (κ2) is 8.43. The van der Waals surface area contributed by atoms with Crippen molar-refractivity contribution in [1.29, 1.82) is 0 Å². The number of rotatable bonds is 6. The molecule has 144 valence electrons. The van der Waals surface area contributed by atoms with Gasteiger partial charge in [-0.15, -0.1) is 0 Å². The first-order chi connectivity index (χ1) is 12.9. The molecule has 27 heavy (non-hydrogen) atoms. The van der Waals surface area contributed by atoms with E-state index >= 15 is 0 Å². The largest absolute Gasteiger partial charge is 0.458 e. The minimum atomic E-state index is -3.49. The minimum absolute atomic E-state index is 0.0577. The van der Waals surface area contributed by atoms with Gasteiger partial charge in [0, 0.05) is 13.0 Å². The zero-order valence-corrected chi connectivity index (χ0v) is 15.4. The summed E-state index contributed by atoms with van der Waals surface area (Å²) in [5.41, 5.74) is 0. The van der Waals surface area contributed by atoms with Crippen LogP contribution in [0.4, 0.5) is 4.39 Å². The molecule has 0 saturated carbocycles. The summed E-state index contributed by atoms with van der Waals surface area (Å²) in [7, 11) is -3.49. The van der Waals surface area contributed by atoms with E-state index in [9.17, 15) is 17.6 Å². The van der Waals surface area contributed by atoms with Gasteiger partial charge in [-0.25, -0.2) is 22.8 Å². The summed E-state index contributed by atoms with van der Waals surface area (Å²) in [5, 5.41) is 0. The van der Waals surface area contributed by atoms with E-state index in [1.165, 1.54) is 12.1 Å². The first-order valence-corrected chi connectivity index (χ1v) is 10.3. The molecule has 1 unspecified atom stereocenters. The SMILES string of the molecule is O=C(CCS(=O)(=O)c1ccccc1)N1CCCC(Oc2ncc(F)cn2)C1. The van der Waals surface area contributed by atoms with Crippen molar-refractivity contribution in [1.82, 2.24) is 14.9 Å². The Balaban J connectivity index is 1.54.